The monoisotopic (exact) mass is 353 g/mol. The molecule has 1 saturated carbocycles. The van der Waals surface area contributed by atoms with Gasteiger partial charge >= 0.3 is 0 Å². The fourth-order valence-corrected chi connectivity index (χ4v) is 5.08. The van der Waals surface area contributed by atoms with Crippen LogP contribution in [0.5, 0.6) is 0 Å². The van der Waals surface area contributed by atoms with Crippen LogP contribution in [-0.4, -0.2) is 55.1 Å². The SMILES string of the molecule is N#Cc1ccc(CN2CC[C@]3(CCC[C@H]3C(=O)N3CCOCC3)C2)cc1. The second-order valence-corrected chi connectivity index (χ2v) is 8.01. The van der Waals surface area contributed by atoms with E-state index in [1.807, 2.05) is 17.0 Å². The maximum Gasteiger partial charge on any atom is 0.226 e. The predicted molar refractivity (Wildman–Crippen MR) is 98.2 cm³/mol. The number of carbonyl (C=O) groups excluding carboxylic acids is 1. The van der Waals surface area contributed by atoms with Crippen LogP contribution in [0, 0.1) is 22.7 Å². The highest BCUT2D eigenvalue weighted by molar-refractivity contribution is 5.80. The second kappa shape index (κ2) is 7.38. The summed E-state index contributed by atoms with van der Waals surface area (Å²) in [6.45, 7) is 5.85. The van der Waals surface area contributed by atoms with Gasteiger partial charge in [-0.15, -0.1) is 0 Å². The molecule has 1 spiro atoms. The lowest BCUT2D eigenvalue weighted by Crippen LogP contribution is -2.47. The molecule has 3 fully saturated rings. The summed E-state index contributed by atoms with van der Waals surface area (Å²) in [5, 5.41) is 8.94. The lowest BCUT2D eigenvalue weighted by molar-refractivity contribution is -0.143. The van der Waals surface area contributed by atoms with Gasteiger partial charge < -0.3 is 9.64 Å². The molecule has 1 aromatic carbocycles. The summed E-state index contributed by atoms with van der Waals surface area (Å²) in [7, 11) is 0. The fraction of sp³-hybridized carbons (Fsp3) is 0.619. The molecule has 2 saturated heterocycles. The molecule has 5 heteroatoms. The largest absolute Gasteiger partial charge is 0.378 e. The number of ether oxygens (including phenoxy) is 1. The summed E-state index contributed by atoms with van der Waals surface area (Å²) < 4.78 is 5.41. The van der Waals surface area contributed by atoms with Crippen LogP contribution in [0.15, 0.2) is 24.3 Å². The van der Waals surface area contributed by atoms with Gasteiger partial charge in [-0.2, -0.15) is 5.26 Å². The third-order valence-corrected chi connectivity index (χ3v) is 6.48. The Balaban J connectivity index is 1.41. The van der Waals surface area contributed by atoms with Crippen LogP contribution in [0.3, 0.4) is 0 Å². The van der Waals surface area contributed by atoms with Crippen molar-refractivity contribution >= 4 is 5.91 Å². The van der Waals surface area contributed by atoms with Crippen molar-refractivity contribution < 1.29 is 9.53 Å². The molecule has 5 nitrogen and oxygen atoms in total. The van der Waals surface area contributed by atoms with Gasteiger partial charge in [-0.3, -0.25) is 9.69 Å². The number of morpholine rings is 1. The molecule has 1 aromatic rings. The highest BCUT2D eigenvalue weighted by Gasteiger charge is 2.51. The van der Waals surface area contributed by atoms with E-state index >= 15 is 0 Å². The van der Waals surface area contributed by atoms with Crippen molar-refractivity contribution in [3.63, 3.8) is 0 Å². The molecule has 0 aromatic heterocycles. The minimum atomic E-state index is 0.169. The van der Waals surface area contributed by atoms with Crippen molar-refractivity contribution in [2.75, 3.05) is 39.4 Å². The van der Waals surface area contributed by atoms with E-state index in [9.17, 15) is 4.79 Å². The second-order valence-electron chi connectivity index (χ2n) is 8.01. The number of hydrogen-bond acceptors (Lipinski definition) is 4. The fourth-order valence-electron chi connectivity index (χ4n) is 5.08. The first kappa shape index (κ1) is 17.5. The van der Waals surface area contributed by atoms with E-state index < -0.39 is 0 Å². The maximum atomic E-state index is 13.1. The van der Waals surface area contributed by atoms with Gasteiger partial charge in [-0.1, -0.05) is 18.6 Å². The lowest BCUT2D eigenvalue weighted by atomic mass is 9.76. The highest BCUT2D eigenvalue weighted by Crippen LogP contribution is 2.50. The van der Waals surface area contributed by atoms with Crippen molar-refractivity contribution in [1.82, 2.24) is 9.80 Å². The van der Waals surface area contributed by atoms with Crippen LogP contribution in [0.4, 0.5) is 0 Å². The van der Waals surface area contributed by atoms with Crippen LogP contribution in [0.1, 0.15) is 36.8 Å². The highest BCUT2D eigenvalue weighted by atomic mass is 16.5. The van der Waals surface area contributed by atoms with Crippen LogP contribution in [0.2, 0.25) is 0 Å². The van der Waals surface area contributed by atoms with Crippen LogP contribution >= 0.6 is 0 Å². The number of nitrogens with zero attached hydrogens (tertiary/aromatic N) is 3. The summed E-state index contributed by atoms with van der Waals surface area (Å²) in [5.41, 5.74) is 2.12. The Morgan fingerprint density at radius 3 is 2.69 bits per heavy atom. The molecule has 2 atom stereocenters. The molecule has 26 heavy (non-hydrogen) atoms. The zero-order valence-electron chi connectivity index (χ0n) is 15.3. The zero-order valence-corrected chi connectivity index (χ0v) is 15.3. The minimum Gasteiger partial charge on any atom is -0.378 e. The number of hydrogen-bond donors (Lipinski definition) is 0. The Morgan fingerprint density at radius 1 is 1.19 bits per heavy atom. The predicted octanol–water partition coefficient (Wildman–Crippen LogP) is 2.41. The van der Waals surface area contributed by atoms with Crippen LogP contribution in [0.25, 0.3) is 0 Å². The summed E-state index contributed by atoms with van der Waals surface area (Å²) in [5.74, 6) is 0.553. The Morgan fingerprint density at radius 2 is 1.96 bits per heavy atom. The van der Waals surface area contributed by atoms with Crippen molar-refractivity contribution in [1.29, 1.82) is 5.26 Å². The summed E-state index contributed by atoms with van der Waals surface area (Å²) >= 11 is 0. The number of benzene rings is 1. The van der Waals surface area contributed by atoms with Gasteiger partial charge in [0.15, 0.2) is 0 Å². The first-order valence-electron chi connectivity index (χ1n) is 9.78. The van der Waals surface area contributed by atoms with Gasteiger partial charge in [0.05, 0.1) is 24.8 Å². The minimum absolute atomic E-state index is 0.169. The quantitative estimate of drug-likeness (QED) is 0.837. The Kier molecular flexibility index (Phi) is 4.97. The molecule has 0 bridgehead atoms. The van der Waals surface area contributed by atoms with Gasteiger partial charge in [-0.05, 0) is 48.9 Å². The first-order chi connectivity index (χ1) is 12.7. The zero-order chi connectivity index (χ0) is 18.0. The van der Waals surface area contributed by atoms with Crippen LogP contribution < -0.4 is 0 Å². The lowest BCUT2D eigenvalue weighted by Gasteiger charge is -2.36. The topological polar surface area (TPSA) is 56.6 Å². The van der Waals surface area contributed by atoms with Gasteiger partial charge in [0, 0.05) is 32.1 Å². The van der Waals surface area contributed by atoms with Gasteiger partial charge in [0.1, 0.15) is 0 Å². The molecule has 0 radical (unpaired) electrons. The van der Waals surface area contributed by atoms with Crippen molar-refractivity contribution in [2.24, 2.45) is 11.3 Å². The smallest absolute Gasteiger partial charge is 0.226 e. The van der Waals surface area contributed by atoms with E-state index in [1.54, 1.807) is 0 Å². The molecule has 4 rings (SSSR count). The van der Waals surface area contributed by atoms with Gasteiger partial charge in [0.2, 0.25) is 5.91 Å². The van der Waals surface area contributed by atoms with Gasteiger partial charge in [-0.25, -0.2) is 0 Å². The Labute approximate surface area is 155 Å². The number of rotatable bonds is 3. The average molecular weight is 353 g/mol. The number of carbonyl (C=O) groups is 1. The molecular weight excluding hydrogens is 326 g/mol. The number of likely N-dealkylation sites (tertiary alicyclic amines) is 1. The van der Waals surface area contributed by atoms with E-state index in [1.165, 1.54) is 18.4 Å². The molecule has 3 aliphatic rings. The van der Waals surface area contributed by atoms with E-state index in [0.717, 1.165) is 45.6 Å². The average Bonchev–Trinajstić information content (AvgIpc) is 3.29. The summed E-state index contributed by atoms with van der Waals surface area (Å²) in [6.07, 6.45) is 4.52. The van der Waals surface area contributed by atoms with Gasteiger partial charge in [0.25, 0.3) is 0 Å². The standard InChI is InChI=1S/C21H27N3O2/c22-14-17-3-5-18(6-4-17)15-23-9-8-21(16-23)7-1-2-19(21)20(25)24-10-12-26-13-11-24/h3-6,19H,1-2,7-13,15-16H2/t19-,21+/m0/s1. The molecule has 0 unspecified atom stereocenters. The van der Waals surface area contributed by atoms with Crippen molar-refractivity contribution in [3.8, 4) is 6.07 Å². The Hall–Kier alpha value is -1.90. The molecular formula is C21H27N3O2. The van der Waals surface area contributed by atoms with E-state index in [2.05, 4.69) is 23.1 Å². The first-order valence-corrected chi connectivity index (χ1v) is 9.78. The third kappa shape index (κ3) is 3.36. The molecule has 1 amide bonds. The number of nitriles is 1. The number of amides is 1. The van der Waals surface area contributed by atoms with Crippen molar-refractivity contribution in [2.45, 2.75) is 32.2 Å². The molecule has 2 heterocycles. The molecule has 2 aliphatic heterocycles. The Bertz CT molecular complexity index is 690. The van der Waals surface area contributed by atoms with E-state index in [0.29, 0.717) is 24.7 Å². The molecule has 0 N–H and O–H groups in total. The molecule has 1 aliphatic carbocycles. The van der Waals surface area contributed by atoms with Crippen LogP contribution in [-0.2, 0) is 16.1 Å². The summed E-state index contributed by atoms with van der Waals surface area (Å²) in [6, 6.07) is 10.1. The molecule has 138 valence electrons. The van der Waals surface area contributed by atoms with E-state index in [-0.39, 0.29) is 11.3 Å². The van der Waals surface area contributed by atoms with E-state index in [4.69, 9.17) is 10.00 Å². The normalized spacial score (nSPS) is 29.2. The van der Waals surface area contributed by atoms with Crippen molar-refractivity contribution in [3.05, 3.63) is 35.4 Å². The third-order valence-electron chi connectivity index (χ3n) is 6.48. The maximum absolute atomic E-state index is 13.1. The summed E-state index contributed by atoms with van der Waals surface area (Å²) in [4.78, 5) is 17.6.